The molecule has 0 aromatic carbocycles. The smallest absolute Gasteiger partial charge is 0.262 e. The Balaban J connectivity index is 2.76. The van der Waals surface area contributed by atoms with Crippen molar-refractivity contribution in [3.8, 4) is 0 Å². The van der Waals surface area contributed by atoms with Crippen LogP contribution in [0, 0.1) is 5.92 Å². The summed E-state index contributed by atoms with van der Waals surface area (Å²) in [5.74, 6) is 0.180. The van der Waals surface area contributed by atoms with Crippen LogP contribution in [-0.4, -0.2) is 41.2 Å². The van der Waals surface area contributed by atoms with E-state index in [2.05, 4.69) is 5.32 Å². The Hall–Kier alpha value is 0.260. The quantitative estimate of drug-likeness (QED) is 0.758. The van der Waals surface area contributed by atoms with Crippen LogP contribution in [0.2, 0.25) is 0 Å². The molecule has 0 aromatic heterocycles. The Labute approximate surface area is 136 Å². The second-order valence-electron chi connectivity index (χ2n) is 5.96. The summed E-state index contributed by atoms with van der Waals surface area (Å²) in [5.41, 5.74) is 0. The third kappa shape index (κ3) is 5.94. The lowest BCUT2D eigenvalue weighted by Crippen LogP contribution is -3.22. The van der Waals surface area contributed by atoms with Crippen LogP contribution in [0.1, 0.15) is 34.1 Å². The highest BCUT2D eigenvalue weighted by atomic mass is 35.6. The maximum atomic E-state index is 12.0. The molecule has 3 atom stereocenters. The van der Waals surface area contributed by atoms with Crippen LogP contribution in [0.25, 0.3) is 0 Å². The van der Waals surface area contributed by atoms with Crippen LogP contribution in [-0.2, 0) is 9.53 Å². The molecular weight excluding hydrogens is 323 g/mol. The number of ether oxygens (including phenoxy) is 1. The first-order chi connectivity index (χ1) is 9.09. The van der Waals surface area contributed by atoms with E-state index in [0.29, 0.717) is 19.5 Å². The van der Waals surface area contributed by atoms with Gasteiger partial charge in [-0.25, -0.2) is 0 Å². The average molecular weight is 347 g/mol. The van der Waals surface area contributed by atoms with Gasteiger partial charge in [0.15, 0.2) is 0 Å². The number of hydrogen-bond donors (Lipinski definition) is 2. The average Bonchev–Trinajstić information content (AvgIpc) is 2.21. The Morgan fingerprint density at radius 1 is 1.30 bits per heavy atom. The van der Waals surface area contributed by atoms with Crippen molar-refractivity contribution in [3.05, 3.63) is 0 Å². The van der Waals surface area contributed by atoms with E-state index in [9.17, 15) is 4.79 Å². The third-order valence-electron chi connectivity index (χ3n) is 3.20. The summed E-state index contributed by atoms with van der Waals surface area (Å²) in [6.45, 7) is 9.34. The number of carbonyl (C=O) groups is 1. The normalized spacial score (nSPS) is 29.3. The lowest BCUT2D eigenvalue weighted by atomic mass is 10.1. The molecule has 4 nitrogen and oxygen atoms in total. The summed E-state index contributed by atoms with van der Waals surface area (Å²) < 4.78 is 4.14. The molecule has 0 aliphatic carbocycles. The highest BCUT2D eigenvalue weighted by Crippen LogP contribution is 2.28. The molecule has 1 rings (SSSR count). The summed E-state index contributed by atoms with van der Waals surface area (Å²) in [4.78, 5) is 13.0. The van der Waals surface area contributed by atoms with Crippen molar-refractivity contribution < 1.29 is 14.4 Å². The monoisotopic (exact) mass is 345 g/mol. The molecule has 118 valence electrons. The first-order valence-corrected chi connectivity index (χ1v) is 8.09. The van der Waals surface area contributed by atoms with E-state index in [-0.39, 0.29) is 24.0 Å². The molecule has 1 aliphatic rings. The fourth-order valence-corrected chi connectivity index (χ4v) is 3.18. The van der Waals surface area contributed by atoms with Crippen molar-refractivity contribution in [2.75, 3.05) is 13.1 Å². The predicted molar refractivity (Wildman–Crippen MR) is 82.4 cm³/mol. The lowest BCUT2D eigenvalue weighted by Gasteiger charge is -2.39. The van der Waals surface area contributed by atoms with Gasteiger partial charge in [-0.1, -0.05) is 48.7 Å². The summed E-state index contributed by atoms with van der Waals surface area (Å²) in [6, 6.07) is 0. The minimum atomic E-state index is -1.54. The number of quaternary nitrogens is 1. The Bertz CT molecular complexity index is 324. The van der Waals surface area contributed by atoms with Crippen molar-refractivity contribution >= 4 is 40.7 Å². The Morgan fingerprint density at radius 2 is 1.80 bits per heavy atom. The van der Waals surface area contributed by atoms with Gasteiger partial charge in [0, 0.05) is 6.42 Å². The van der Waals surface area contributed by atoms with Gasteiger partial charge in [0.25, 0.3) is 3.79 Å². The Morgan fingerprint density at radius 3 is 2.20 bits per heavy atom. The first-order valence-electron chi connectivity index (χ1n) is 6.95. The van der Waals surface area contributed by atoms with Crippen molar-refractivity contribution in [1.82, 2.24) is 5.32 Å². The van der Waals surface area contributed by atoms with Crippen LogP contribution in [0.4, 0.5) is 0 Å². The van der Waals surface area contributed by atoms with E-state index in [1.54, 1.807) is 0 Å². The number of amides is 1. The predicted octanol–water partition coefficient (Wildman–Crippen LogP) is 1.54. The topological polar surface area (TPSA) is 42.8 Å². The molecule has 7 heteroatoms. The maximum Gasteiger partial charge on any atom is 0.262 e. The molecule has 20 heavy (non-hydrogen) atoms. The van der Waals surface area contributed by atoms with Gasteiger partial charge in [-0.05, 0) is 19.8 Å². The second kappa shape index (κ2) is 7.50. The van der Waals surface area contributed by atoms with Crippen molar-refractivity contribution in [2.24, 2.45) is 5.92 Å². The number of morpholine rings is 1. The molecule has 0 aromatic rings. The van der Waals surface area contributed by atoms with Gasteiger partial charge in [-0.15, -0.1) is 0 Å². The SMILES string of the molecule is CC(C)CC(=O)N[C@@H]([NH+]1C[C@@H](C)O[C@H](C)C1)C(Cl)(Cl)Cl. The van der Waals surface area contributed by atoms with Crippen molar-refractivity contribution in [1.29, 1.82) is 0 Å². The molecule has 1 amide bonds. The van der Waals surface area contributed by atoms with Crippen LogP contribution in [0.15, 0.2) is 0 Å². The highest BCUT2D eigenvalue weighted by Gasteiger charge is 2.44. The van der Waals surface area contributed by atoms with Gasteiger partial charge < -0.3 is 15.0 Å². The molecule has 1 heterocycles. The molecular formula is C13H24Cl3N2O2+. The van der Waals surface area contributed by atoms with E-state index in [4.69, 9.17) is 39.5 Å². The number of halogens is 3. The third-order valence-corrected chi connectivity index (χ3v) is 3.85. The second-order valence-corrected chi connectivity index (χ2v) is 8.33. The molecule has 0 bridgehead atoms. The number of rotatable bonds is 4. The molecule has 2 N–H and O–H groups in total. The summed E-state index contributed by atoms with van der Waals surface area (Å²) >= 11 is 18.2. The highest BCUT2D eigenvalue weighted by molar-refractivity contribution is 6.68. The lowest BCUT2D eigenvalue weighted by molar-refractivity contribution is -0.941. The standard InChI is InChI=1S/C13H23Cl3N2O2/c1-8(2)5-11(19)17-12(13(14,15)16)18-6-9(3)20-10(4)7-18/h8-10,12H,5-7H2,1-4H3,(H,17,19)/p+1/t9-,10-,12+/m1/s1. The van der Waals surface area contributed by atoms with E-state index in [0.717, 1.165) is 4.90 Å². The fourth-order valence-electron chi connectivity index (χ4n) is 2.56. The maximum absolute atomic E-state index is 12.0. The minimum absolute atomic E-state index is 0.0746. The van der Waals surface area contributed by atoms with Gasteiger partial charge in [-0.3, -0.25) is 4.79 Å². The van der Waals surface area contributed by atoms with Crippen molar-refractivity contribution in [2.45, 2.75) is 56.3 Å². The molecule has 0 spiro atoms. The van der Waals surface area contributed by atoms with Gasteiger partial charge in [0.05, 0.1) is 0 Å². The number of nitrogens with one attached hydrogen (secondary N) is 2. The molecule has 1 saturated heterocycles. The largest absolute Gasteiger partial charge is 0.364 e. The number of hydrogen-bond acceptors (Lipinski definition) is 2. The number of alkyl halides is 3. The molecule has 1 aliphatic heterocycles. The first kappa shape index (κ1) is 18.3. The molecule has 0 radical (unpaired) electrons. The Kier molecular flexibility index (Phi) is 6.87. The van der Waals surface area contributed by atoms with E-state index >= 15 is 0 Å². The molecule has 0 saturated carbocycles. The van der Waals surface area contributed by atoms with Crippen LogP contribution < -0.4 is 10.2 Å². The van der Waals surface area contributed by atoms with E-state index in [1.165, 1.54) is 0 Å². The van der Waals surface area contributed by atoms with E-state index in [1.807, 2.05) is 27.7 Å². The van der Waals surface area contributed by atoms with Crippen LogP contribution in [0.3, 0.4) is 0 Å². The zero-order chi connectivity index (χ0) is 15.5. The van der Waals surface area contributed by atoms with E-state index < -0.39 is 9.96 Å². The van der Waals surface area contributed by atoms with Crippen molar-refractivity contribution in [3.63, 3.8) is 0 Å². The zero-order valence-electron chi connectivity index (χ0n) is 12.4. The summed E-state index contributed by atoms with van der Waals surface area (Å²) in [6.07, 6.45) is 0.00956. The van der Waals surface area contributed by atoms with Gasteiger partial charge in [0.2, 0.25) is 12.1 Å². The van der Waals surface area contributed by atoms with Gasteiger partial charge >= 0.3 is 0 Å². The number of carbonyl (C=O) groups excluding carboxylic acids is 1. The van der Waals surface area contributed by atoms with Gasteiger partial charge in [-0.2, -0.15) is 0 Å². The minimum Gasteiger partial charge on any atom is -0.364 e. The molecule has 1 fully saturated rings. The molecule has 0 unspecified atom stereocenters. The van der Waals surface area contributed by atoms with Crippen LogP contribution >= 0.6 is 34.8 Å². The zero-order valence-corrected chi connectivity index (χ0v) is 14.6. The summed E-state index contributed by atoms with van der Waals surface area (Å²) in [5, 5.41) is 2.87. The summed E-state index contributed by atoms with van der Waals surface area (Å²) in [7, 11) is 0. The van der Waals surface area contributed by atoms with Gasteiger partial charge in [0.1, 0.15) is 25.3 Å². The fraction of sp³-hybridized carbons (Fsp3) is 0.923. The van der Waals surface area contributed by atoms with Crippen LogP contribution in [0.5, 0.6) is 0 Å².